The highest BCUT2D eigenvalue weighted by atomic mass is 16.5. The minimum absolute atomic E-state index is 0.0722. The van der Waals surface area contributed by atoms with E-state index in [0.717, 1.165) is 12.3 Å². The molecule has 1 saturated heterocycles. The summed E-state index contributed by atoms with van der Waals surface area (Å²) in [7, 11) is 0. The van der Waals surface area contributed by atoms with Gasteiger partial charge in [0.25, 0.3) is 0 Å². The normalized spacial score (nSPS) is 44.2. The molecule has 4 fully saturated rings. The Kier molecular flexibility index (Phi) is 2.89. The molecular formula is C14H23NO2. The van der Waals surface area contributed by atoms with Crippen molar-refractivity contribution >= 4 is 5.97 Å². The molecule has 0 amide bonds. The van der Waals surface area contributed by atoms with Gasteiger partial charge in [0.1, 0.15) is 0 Å². The van der Waals surface area contributed by atoms with Gasteiger partial charge in [-0.3, -0.25) is 4.79 Å². The molecule has 1 N–H and O–H groups in total. The first-order valence-corrected chi connectivity index (χ1v) is 7.12. The van der Waals surface area contributed by atoms with E-state index in [1.165, 1.54) is 38.8 Å². The summed E-state index contributed by atoms with van der Waals surface area (Å²) in [6, 6.07) is 0. The Morgan fingerprint density at radius 1 is 1.47 bits per heavy atom. The van der Waals surface area contributed by atoms with Crippen LogP contribution in [0.2, 0.25) is 0 Å². The zero-order valence-electron chi connectivity index (χ0n) is 10.7. The highest BCUT2D eigenvalue weighted by molar-refractivity contribution is 5.73. The van der Waals surface area contributed by atoms with Crippen LogP contribution >= 0.6 is 0 Å². The first-order chi connectivity index (χ1) is 8.25. The van der Waals surface area contributed by atoms with Crippen molar-refractivity contribution in [2.75, 3.05) is 19.7 Å². The van der Waals surface area contributed by atoms with Gasteiger partial charge in [0.2, 0.25) is 0 Å². The van der Waals surface area contributed by atoms with E-state index in [1.807, 2.05) is 6.92 Å². The molecule has 0 radical (unpaired) electrons. The summed E-state index contributed by atoms with van der Waals surface area (Å²) in [5.41, 5.74) is 0.534. The quantitative estimate of drug-likeness (QED) is 0.746. The molecule has 4 atom stereocenters. The Balaban J connectivity index is 1.73. The van der Waals surface area contributed by atoms with E-state index in [4.69, 9.17) is 4.74 Å². The zero-order chi connectivity index (χ0) is 11.9. The van der Waals surface area contributed by atoms with Crippen molar-refractivity contribution < 1.29 is 9.53 Å². The average Bonchev–Trinajstić information content (AvgIpc) is 2.79. The number of carbonyl (C=O) groups excluding carboxylic acids is 1. The van der Waals surface area contributed by atoms with E-state index in [1.54, 1.807) is 0 Å². The largest absolute Gasteiger partial charge is 0.466 e. The van der Waals surface area contributed by atoms with E-state index in [-0.39, 0.29) is 11.9 Å². The molecule has 3 nitrogen and oxygen atoms in total. The first kappa shape index (κ1) is 11.5. The Labute approximate surface area is 103 Å². The molecule has 0 aromatic carbocycles. The van der Waals surface area contributed by atoms with Gasteiger partial charge in [-0.1, -0.05) is 0 Å². The molecule has 1 heterocycles. The van der Waals surface area contributed by atoms with Crippen LogP contribution in [0.4, 0.5) is 0 Å². The Morgan fingerprint density at radius 3 is 2.94 bits per heavy atom. The maximum Gasteiger partial charge on any atom is 0.309 e. The lowest BCUT2D eigenvalue weighted by Gasteiger charge is -2.52. The van der Waals surface area contributed by atoms with Crippen LogP contribution in [0.15, 0.2) is 0 Å². The van der Waals surface area contributed by atoms with Crippen molar-refractivity contribution in [2.45, 2.75) is 39.0 Å². The third kappa shape index (κ3) is 1.79. The van der Waals surface area contributed by atoms with Crippen molar-refractivity contribution in [3.05, 3.63) is 0 Å². The molecular weight excluding hydrogens is 214 g/mol. The van der Waals surface area contributed by atoms with Crippen LogP contribution in [-0.2, 0) is 9.53 Å². The van der Waals surface area contributed by atoms with Gasteiger partial charge in [0.05, 0.1) is 12.5 Å². The van der Waals surface area contributed by atoms with Crippen LogP contribution in [-0.4, -0.2) is 25.7 Å². The standard InChI is InChI=1S/C14H23NO2/c1-2-17-13(16)12-7-11-4-3-10(12)8-14(11)5-6-15-9-14/h10-12,15H,2-9H2,1H3. The maximum absolute atomic E-state index is 12.0. The number of hydrogen-bond donors (Lipinski definition) is 1. The predicted molar refractivity (Wildman–Crippen MR) is 65.5 cm³/mol. The highest BCUT2D eigenvalue weighted by Gasteiger charge is 2.53. The fourth-order valence-corrected chi connectivity index (χ4v) is 4.55. The number of fused-ring (bicyclic) bond motifs is 2. The Morgan fingerprint density at radius 2 is 2.35 bits per heavy atom. The maximum atomic E-state index is 12.0. The van der Waals surface area contributed by atoms with Gasteiger partial charge in [-0.25, -0.2) is 0 Å². The fourth-order valence-electron chi connectivity index (χ4n) is 4.55. The number of carbonyl (C=O) groups is 1. The summed E-state index contributed by atoms with van der Waals surface area (Å²) >= 11 is 0. The molecule has 4 unspecified atom stereocenters. The lowest BCUT2D eigenvalue weighted by Crippen LogP contribution is -2.49. The molecule has 4 rings (SSSR count). The summed E-state index contributed by atoms with van der Waals surface area (Å²) in [5, 5.41) is 3.52. The Hall–Kier alpha value is -0.570. The van der Waals surface area contributed by atoms with Gasteiger partial charge in [-0.15, -0.1) is 0 Å². The van der Waals surface area contributed by atoms with Crippen LogP contribution in [0.5, 0.6) is 0 Å². The number of rotatable bonds is 2. The molecule has 3 aliphatic carbocycles. The number of nitrogens with one attached hydrogen (secondary N) is 1. The molecule has 0 aromatic rings. The molecule has 3 heteroatoms. The van der Waals surface area contributed by atoms with Gasteiger partial charge < -0.3 is 10.1 Å². The smallest absolute Gasteiger partial charge is 0.309 e. The van der Waals surface area contributed by atoms with E-state index in [2.05, 4.69) is 5.32 Å². The SMILES string of the molecule is CCOC(=O)C1CC2CCC1CC21CCNC1. The minimum Gasteiger partial charge on any atom is -0.466 e. The van der Waals surface area contributed by atoms with Crippen LogP contribution in [0, 0.1) is 23.2 Å². The second-order valence-corrected chi connectivity index (χ2v) is 6.12. The van der Waals surface area contributed by atoms with Crippen molar-refractivity contribution in [1.82, 2.24) is 5.32 Å². The third-order valence-electron chi connectivity index (χ3n) is 5.39. The van der Waals surface area contributed by atoms with Crippen molar-refractivity contribution in [2.24, 2.45) is 23.2 Å². The average molecular weight is 237 g/mol. The summed E-state index contributed by atoms with van der Waals surface area (Å²) in [4.78, 5) is 12.0. The summed E-state index contributed by atoms with van der Waals surface area (Å²) in [6.45, 7) is 4.79. The van der Waals surface area contributed by atoms with E-state index >= 15 is 0 Å². The molecule has 17 heavy (non-hydrogen) atoms. The molecule has 1 aliphatic heterocycles. The monoisotopic (exact) mass is 237 g/mol. The van der Waals surface area contributed by atoms with Crippen molar-refractivity contribution in [3.63, 3.8) is 0 Å². The lowest BCUT2D eigenvalue weighted by molar-refractivity contribution is -0.158. The van der Waals surface area contributed by atoms with E-state index in [0.29, 0.717) is 17.9 Å². The molecule has 3 saturated carbocycles. The number of esters is 1. The van der Waals surface area contributed by atoms with Gasteiger partial charge in [-0.2, -0.15) is 0 Å². The fraction of sp³-hybridized carbons (Fsp3) is 0.929. The molecule has 4 aliphatic rings. The summed E-state index contributed by atoms with van der Waals surface area (Å²) in [5.74, 6) is 1.64. The van der Waals surface area contributed by atoms with Crippen LogP contribution in [0.3, 0.4) is 0 Å². The predicted octanol–water partition coefficient (Wildman–Crippen LogP) is 1.97. The van der Waals surface area contributed by atoms with Crippen LogP contribution in [0.25, 0.3) is 0 Å². The molecule has 2 bridgehead atoms. The molecule has 0 aromatic heterocycles. The van der Waals surface area contributed by atoms with Crippen molar-refractivity contribution in [3.8, 4) is 0 Å². The van der Waals surface area contributed by atoms with Crippen molar-refractivity contribution in [1.29, 1.82) is 0 Å². The van der Waals surface area contributed by atoms with Crippen LogP contribution < -0.4 is 5.32 Å². The topological polar surface area (TPSA) is 38.3 Å². The van der Waals surface area contributed by atoms with E-state index in [9.17, 15) is 4.79 Å². The Bertz CT molecular complexity index is 309. The summed E-state index contributed by atoms with van der Waals surface area (Å²) < 4.78 is 5.23. The highest BCUT2D eigenvalue weighted by Crippen LogP contribution is 2.57. The van der Waals surface area contributed by atoms with Gasteiger partial charge in [-0.05, 0) is 62.8 Å². The van der Waals surface area contributed by atoms with Gasteiger partial charge >= 0.3 is 5.97 Å². The van der Waals surface area contributed by atoms with E-state index < -0.39 is 0 Å². The van der Waals surface area contributed by atoms with Gasteiger partial charge in [0, 0.05) is 6.54 Å². The second kappa shape index (κ2) is 4.27. The lowest BCUT2D eigenvalue weighted by atomic mass is 9.52. The molecule has 96 valence electrons. The number of ether oxygens (including phenoxy) is 1. The second-order valence-electron chi connectivity index (χ2n) is 6.12. The first-order valence-electron chi connectivity index (χ1n) is 7.12. The minimum atomic E-state index is 0.0722. The third-order valence-corrected chi connectivity index (χ3v) is 5.39. The number of hydrogen-bond acceptors (Lipinski definition) is 3. The van der Waals surface area contributed by atoms with Gasteiger partial charge in [0.15, 0.2) is 0 Å². The van der Waals surface area contributed by atoms with Crippen LogP contribution in [0.1, 0.15) is 39.0 Å². The zero-order valence-corrected chi connectivity index (χ0v) is 10.7. The summed E-state index contributed by atoms with van der Waals surface area (Å²) in [6.07, 6.45) is 6.25. The molecule has 1 spiro atoms.